The van der Waals surface area contributed by atoms with Crippen LogP contribution in [0.3, 0.4) is 0 Å². The molecule has 0 spiro atoms. The minimum absolute atomic E-state index is 0. The molecule has 152 valence electrons. The van der Waals surface area contributed by atoms with Gasteiger partial charge in [-0.05, 0) is 42.9 Å². The number of rotatable bonds is 4. The first-order chi connectivity index (χ1) is 12.1. The standard InChI is InChI=1S/C16H20F3N3O3S.ClH/c17-16(18,19)11-2-1-3-12(6-11)26(24,25)21-7-15(23)22-8-10-4-5-14(20)13(10)9-22;/h1-3,6,10,13-14,21H,4-5,7-9,20H2;1H. The maximum absolute atomic E-state index is 12.7. The van der Waals surface area contributed by atoms with Gasteiger partial charge >= 0.3 is 6.18 Å². The first-order valence-electron chi connectivity index (χ1n) is 8.28. The Morgan fingerprint density at radius 2 is 1.96 bits per heavy atom. The molecule has 3 unspecified atom stereocenters. The number of carbonyl (C=O) groups is 1. The summed E-state index contributed by atoms with van der Waals surface area (Å²) in [6.45, 7) is 0.547. The Kier molecular flexibility index (Phi) is 6.45. The van der Waals surface area contributed by atoms with Crippen LogP contribution >= 0.6 is 12.4 Å². The number of alkyl halides is 3. The third-order valence-corrected chi connectivity index (χ3v) is 6.55. The molecule has 1 amide bonds. The van der Waals surface area contributed by atoms with Crippen LogP contribution in [0.4, 0.5) is 13.2 Å². The highest BCUT2D eigenvalue weighted by atomic mass is 35.5. The average molecular weight is 428 g/mol. The summed E-state index contributed by atoms with van der Waals surface area (Å²) < 4.78 is 64.7. The molecule has 1 aliphatic heterocycles. The highest BCUT2D eigenvalue weighted by Crippen LogP contribution is 2.37. The zero-order valence-corrected chi connectivity index (χ0v) is 15.9. The summed E-state index contributed by atoms with van der Waals surface area (Å²) >= 11 is 0. The number of benzene rings is 1. The minimum Gasteiger partial charge on any atom is -0.341 e. The second-order valence-electron chi connectivity index (χ2n) is 6.81. The SMILES string of the molecule is Cl.NC1CCC2CN(C(=O)CNS(=O)(=O)c3cccc(C(F)(F)F)c3)CC12. The molecule has 11 heteroatoms. The molecule has 6 nitrogen and oxygen atoms in total. The molecule has 3 rings (SSSR count). The van der Waals surface area contributed by atoms with Crippen LogP contribution in [0, 0.1) is 11.8 Å². The third-order valence-electron chi connectivity index (χ3n) is 5.15. The smallest absolute Gasteiger partial charge is 0.341 e. The monoisotopic (exact) mass is 427 g/mol. The number of hydrogen-bond acceptors (Lipinski definition) is 4. The topological polar surface area (TPSA) is 92.5 Å². The quantitative estimate of drug-likeness (QED) is 0.763. The molecule has 1 aromatic carbocycles. The van der Waals surface area contributed by atoms with Crippen LogP contribution in [0.25, 0.3) is 0 Å². The van der Waals surface area contributed by atoms with Gasteiger partial charge in [0.15, 0.2) is 0 Å². The lowest BCUT2D eigenvalue weighted by atomic mass is 9.98. The Labute approximate surface area is 161 Å². The number of nitrogens with two attached hydrogens (primary N) is 1. The predicted octanol–water partition coefficient (Wildman–Crippen LogP) is 1.60. The minimum atomic E-state index is -4.65. The highest BCUT2D eigenvalue weighted by Gasteiger charge is 2.42. The molecule has 1 aromatic rings. The molecule has 0 bridgehead atoms. The number of halogens is 4. The van der Waals surface area contributed by atoms with Gasteiger partial charge in [-0.3, -0.25) is 4.79 Å². The van der Waals surface area contributed by atoms with Crippen LogP contribution < -0.4 is 10.5 Å². The van der Waals surface area contributed by atoms with Gasteiger partial charge in [0.1, 0.15) is 0 Å². The van der Waals surface area contributed by atoms with E-state index in [-0.39, 0.29) is 24.4 Å². The van der Waals surface area contributed by atoms with Gasteiger partial charge < -0.3 is 10.6 Å². The number of fused-ring (bicyclic) bond motifs is 1. The molecule has 1 saturated heterocycles. The van der Waals surface area contributed by atoms with E-state index in [1.165, 1.54) is 0 Å². The van der Waals surface area contributed by atoms with E-state index in [0.29, 0.717) is 25.1 Å². The molecule has 3 N–H and O–H groups in total. The van der Waals surface area contributed by atoms with Crippen molar-refractivity contribution in [2.24, 2.45) is 17.6 Å². The molecule has 1 aliphatic carbocycles. The van der Waals surface area contributed by atoms with E-state index in [1.807, 2.05) is 0 Å². The van der Waals surface area contributed by atoms with Crippen molar-refractivity contribution in [2.75, 3.05) is 19.6 Å². The molecule has 3 atom stereocenters. The maximum Gasteiger partial charge on any atom is 0.416 e. The van der Waals surface area contributed by atoms with Gasteiger partial charge in [0.2, 0.25) is 15.9 Å². The Bertz CT molecular complexity index is 804. The lowest BCUT2D eigenvalue weighted by Gasteiger charge is -2.19. The average Bonchev–Trinajstić information content (AvgIpc) is 3.14. The van der Waals surface area contributed by atoms with E-state index in [1.54, 1.807) is 4.90 Å². The fourth-order valence-corrected chi connectivity index (χ4v) is 4.72. The van der Waals surface area contributed by atoms with Crippen LogP contribution in [-0.4, -0.2) is 44.9 Å². The fourth-order valence-electron chi connectivity index (χ4n) is 3.70. The van der Waals surface area contributed by atoms with Crippen LogP contribution in [-0.2, 0) is 21.0 Å². The van der Waals surface area contributed by atoms with E-state index in [2.05, 4.69) is 4.72 Å². The van der Waals surface area contributed by atoms with E-state index in [9.17, 15) is 26.4 Å². The maximum atomic E-state index is 12.7. The summed E-state index contributed by atoms with van der Waals surface area (Å²) in [5.74, 6) is 0.176. The molecule has 0 radical (unpaired) electrons. The van der Waals surface area contributed by atoms with E-state index < -0.39 is 39.1 Å². The van der Waals surface area contributed by atoms with Crippen molar-refractivity contribution in [2.45, 2.75) is 30.0 Å². The second kappa shape index (κ2) is 7.94. The van der Waals surface area contributed by atoms with Crippen molar-refractivity contribution < 1.29 is 26.4 Å². The van der Waals surface area contributed by atoms with Gasteiger partial charge in [0.25, 0.3) is 0 Å². The Morgan fingerprint density at radius 3 is 2.59 bits per heavy atom. The first-order valence-corrected chi connectivity index (χ1v) is 9.76. The molecular weight excluding hydrogens is 407 g/mol. The summed E-state index contributed by atoms with van der Waals surface area (Å²) in [7, 11) is -4.22. The summed E-state index contributed by atoms with van der Waals surface area (Å²) in [5.41, 5.74) is 4.95. The van der Waals surface area contributed by atoms with Crippen LogP contribution in [0.1, 0.15) is 18.4 Å². The summed E-state index contributed by atoms with van der Waals surface area (Å²) in [4.78, 5) is 13.3. The lowest BCUT2D eigenvalue weighted by Crippen LogP contribution is -2.40. The van der Waals surface area contributed by atoms with Gasteiger partial charge in [-0.2, -0.15) is 13.2 Å². The number of nitrogens with zero attached hydrogens (tertiary/aromatic N) is 1. The van der Waals surface area contributed by atoms with Gasteiger partial charge in [0, 0.05) is 19.1 Å². The summed E-state index contributed by atoms with van der Waals surface area (Å²) in [6.07, 6.45) is -2.77. The molecule has 27 heavy (non-hydrogen) atoms. The molecule has 1 heterocycles. The van der Waals surface area contributed by atoms with Gasteiger partial charge in [-0.25, -0.2) is 13.1 Å². The van der Waals surface area contributed by atoms with Crippen molar-refractivity contribution in [3.8, 4) is 0 Å². The first kappa shape index (κ1) is 21.9. The van der Waals surface area contributed by atoms with Crippen molar-refractivity contribution >= 4 is 28.3 Å². The summed E-state index contributed by atoms with van der Waals surface area (Å²) in [6, 6.07) is 3.46. The second-order valence-corrected chi connectivity index (χ2v) is 8.58. The van der Waals surface area contributed by atoms with E-state index in [0.717, 1.165) is 31.0 Å². The number of nitrogens with one attached hydrogen (secondary N) is 1. The number of carbonyl (C=O) groups excluding carboxylic acids is 1. The van der Waals surface area contributed by atoms with Crippen molar-refractivity contribution in [1.29, 1.82) is 0 Å². The Balaban J connectivity index is 0.00000261. The van der Waals surface area contributed by atoms with Crippen molar-refractivity contribution in [1.82, 2.24) is 9.62 Å². The lowest BCUT2D eigenvalue weighted by molar-refractivity contribution is -0.137. The fraction of sp³-hybridized carbons (Fsp3) is 0.562. The van der Waals surface area contributed by atoms with E-state index in [4.69, 9.17) is 5.73 Å². The molecule has 2 fully saturated rings. The highest BCUT2D eigenvalue weighted by molar-refractivity contribution is 7.89. The van der Waals surface area contributed by atoms with E-state index >= 15 is 0 Å². The van der Waals surface area contributed by atoms with Gasteiger partial charge in [-0.1, -0.05) is 6.07 Å². The van der Waals surface area contributed by atoms with Crippen LogP contribution in [0.15, 0.2) is 29.2 Å². The zero-order valence-electron chi connectivity index (χ0n) is 14.3. The van der Waals surface area contributed by atoms with Crippen LogP contribution in [0.5, 0.6) is 0 Å². The van der Waals surface area contributed by atoms with Gasteiger partial charge in [0.05, 0.1) is 17.0 Å². The Hall–Kier alpha value is -1.36. The van der Waals surface area contributed by atoms with Gasteiger partial charge in [-0.15, -0.1) is 12.4 Å². The van der Waals surface area contributed by atoms with Crippen molar-refractivity contribution in [3.63, 3.8) is 0 Å². The summed E-state index contributed by atoms with van der Waals surface area (Å²) in [5, 5.41) is 0. The van der Waals surface area contributed by atoms with Crippen molar-refractivity contribution in [3.05, 3.63) is 29.8 Å². The van der Waals surface area contributed by atoms with Crippen LogP contribution in [0.2, 0.25) is 0 Å². The zero-order chi connectivity index (χ0) is 19.1. The Morgan fingerprint density at radius 1 is 1.26 bits per heavy atom. The molecule has 1 saturated carbocycles. The molecule has 0 aromatic heterocycles. The normalized spacial score (nSPS) is 25.2. The number of sulfonamides is 1. The predicted molar refractivity (Wildman–Crippen MR) is 94.6 cm³/mol. The molecule has 2 aliphatic rings. The largest absolute Gasteiger partial charge is 0.416 e. The number of likely N-dealkylation sites (tertiary alicyclic amines) is 1. The number of hydrogen-bond donors (Lipinski definition) is 2. The third kappa shape index (κ3) is 4.74. The molecular formula is C16H21ClF3N3O3S. The number of amides is 1.